The van der Waals surface area contributed by atoms with Gasteiger partial charge in [-0.2, -0.15) is 4.98 Å². The number of hydrogen-bond donors (Lipinski definition) is 2. The van der Waals surface area contributed by atoms with E-state index in [-0.39, 0.29) is 11.7 Å². The predicted octanol–water partition coefficient (Wildman–Crippen LogP) is 5.54. The summed E-state index contributed by atoms with van der Waals surface area (Å²) < 4.78 is 13.5. The number of halogens is 1. The third-order valence-electron chi connectivity index (χ3n) is 7.00. The van der Waals surface area contributed by atoms with E-state index in [4.69, 9.17) is 0 Å². The highest BCUT2D eigenvalue weighted by Gasteiger charge is 2.26. The average Bonchev–Trinajstić information content (AvgIpc) is 2.96. The number of likely N-dealkylation sites (tertiary alicyclic amines) is 1. The van der Waals surface area contributed by atoms with Crippen molar-refractivity contribution in [2.45, 2.75) is 32.4 Å². The summed E-state index contributed by atoms with van der Waals surface area (Å²) in [5.74, 6) is 0.795. The topological polar surface area (TPSA) is 86.3 Å². The number of carbonyl (C=O) groups excluding carboxylic acids is 1. The SMILES string of the molecule is Cc1cc(Nc2ccnc(Nc3ccc(C(=O)N4CCC(N(C)Cc5cccnc5)CC4)cc3)n2)ccc1F. The number of aromatic nitrogens is 3. The summed E-state index contributed by atoms with van der Waals surface area (Å²) in [7, 11) is 2.14. The van der Waals surface area contributed by atoms with E-state index in [0.717, 1.165) is 43.9 Å². The van der Waals surface area contributed by atoms with Gasteiger partial charge in [0.1, 0.15) is 11.6 Å². The van der Waals surface area contributed by atoms with E-state index in [1.54, 1.807) is 37.5 Å². The molecule has 2 aromatic heterocycles. The zero-order valence-electron chi connectivity index (χ0n) is 22.1. The van der Waals surface area contributed by atoms with Crippen molar-refractivity contribution in [2.24, 2.45) is 0 Å². The van der Waals surface area contributed by atoms with Crippen LogP contribution in [0.3, 0.4) is 0 Å². The van der Waals surface area contributed by atoms with Gasteiger partial charge in [-0.25, -0.2) is 9.37 Å². The van der Waals surface area contributed by atoms with E-state index in [1.165, 1.54) is 11.6 Å². The first-order valence-corrected chi connectivity index (χ1v) is 13.1. The van der Waals surface area contributed by atoms with Gasteiger partial charge in [0, 0.05) is 61.2 Å². The lowest BCUT2D eigenvalue weighted by atomic mass is 10.0. The average molecular weight is 526 g/mol. The van der Waals surface area contributed by atoms with Gasteiger partial charge < -0.3 is 15.5 Å². The number of piperidine rings is 1. The van der Waals surface area contributed by atoms with Gasteiger partial charge in [-0.3, -0.25) is 14.7 Å². The van der Waals surface area contributed by atoms with Crippen LogP contribution in [-0.2, 0) is 6.54 Å². The molecule has 0 spiro atoms. The van der Waals surface area contributed by atoms with Crippen LogP contribution in [0.25, 0.3) is 0 Å². The quantitative estimate of drug-likeness (QED) is 0.312. The Kier molecular flexibility index (Phi) is 8.07. The van der Waals surface area contributed by atoms with Crippen LogP contribution in [0, 0.1) is 12.7 Å². The minimum atomic E-state index is -0.249. The largest absolute Gasteiger partial charge is 0.340 e. The molecule has 0 aliphatic carbocycles. The second kappa shape index (κ2) is 12.0. The van der Waals surface area contributed by atoms with E-state index in [9.17, 15) is 9.18 Å². The number of carbonyl (C=O) groups is 1. The molecule has 0 saturated carbocycles. The Bertz CT molecular complexity index is 1410. The number of hydrogen-bond acceptors (Lipinski definition) is 7. The molecule has 8 nitrogen and oxygen atoms in total. The molecule has 0 radical (unpaired) electrons. The number of amides is 1. The summed E-state index contributed by atoms with van der Waals surface area (Å²) in [6.07, 6.45) is 7.23. The van der Waals surface area contributed by atoms with Crippen molar-refractivity contribution in [3.8, 4) is 0 Å². The number of nitrogens with one attached hydrogen (secondary N) is 2. The summed E-state index contributed by atoms with van der Waals surface area (Å²) in [6.45, 7) is 4.05. The van der Waals surface area contributed by atoms with Crippen molar-refractivity contribution in [1.82, 2.24) is 24.8 Å². The number of benzene rings is 2. The molecule has 0 bridgehead atoms. The smallest absolute Gasteiger partial charge is 0.253 e. The number of anilines is 4. The van der Waals surface area contributed by atoms with E-state index in [2.05, 4.69) is 43.6 Å². The summed E-state index contributed by atoms with van der Waals surface area (Å²) in [5, 5.41) is 6.34. The lowest BCUT2D eigenvalue weighted by molar-refractivity contribution is 0.0639. The molecule has 9 heteroatoms. The predicted molar refractivity (Wildman–Crippen MR) is 151 cm³/mol. The lowest BCUT2D eigenvalue weighted by Gasteiger charge is -2.36. The van der Waals surface area contributed by atoms with Gasteiger partial charge in [0.15, 0.2) is 0 Å². The molecule has 1 amide bonds. The van der Waals surface area contributed by atoms with E-state index in [1.807, 2.05) is 41.4 Å². The van der Waals surface area contributed by atoms with Crippen LogP contribution < -0.4 is 10.6 Å². The van der Waals surface area contributed by atoms with Gasteiger partial charge in [-0.1, -0.05) is 6.07 Å². The van der Waals surface area contributed by atoms with Crippen molar-refractivity contribution in [3.05, 3.63) is 102 Å². The van der Waals surface area contributed by atoms with E-state index >= 15 is 0 Å². The third-order valence-corrected chi connectivity index (χ3v) is 7.00. The maximum Gasteiger partial charge on any atom is 0.253 e. The highest BCUT2D eigenvalue weighted by molar-refractivity contribution is 5.94. The van der Waals surface area contributed by atoms with Crippen LogP contribution in [0.2, 0.25) is 0 Å². The molecule has 1 saturated heterocycles. The number of aryl methyl sites for hydroxylation is 1. The Morgan fingerprint density at radius 1 is 1.03 bits per heavy atom. The molecule has 39 heavy (non-hydrogen) atoms. The molecule has 1 aliphatic rings. The van der Waals surface area contributed by atoms with Gasteiger partial charge in [-0.15, -0.1) is 0 Å². The molecule has 1 fully saturated rings. The number of rotatable bonds is 8. The fraction of sp³-hybridized carbons (Fsp3) is 0.267. The zero-order valence-corrected chi connectivity index (χ0v) is 22.1. The molecule has 2 N–H and O–H groups in total. The molecule has 2 aromatic carbocycles. The summed E-state index contributed by atoms with van der Waals surface area (Å²) >= 11 is 0. The van der Waals surface area contributed by atoms with E-state index < -0.39 is 0 Å². The second-order valence-corrected chi connectivity index (χ2v) is 9.86. The van der Waals surface area contributed by atoms with Crippen LogP contribution in [0.5, 0.6) is 0 Å². The summed E-state index contributed by atoms with van der Waals surface area (Å²) in [5.41, 5.74) is 3.93. The first kappa shape index (κ1) is 26.2. The van der Waals surface area contributed by atoms with Crippen molar-refractivity contribution in [1.29, 1.82) is 0 Å². The fourth-order valence-electron chi connectivity index (χ4n) is 4.79. The van der Waals surface area contributed by atoms with Crippen LogP contribution in [0.4, 0.5) is 27.5 Å². The van der Waals surface area contributed by atoms with Crippen LogP contribution in [0.1, 0.15) is 34.3 Å². The zero-order chi connectivity index (χ0) is 27.2. The van der Waals surface area contributed by atoms with Crippen molar-refractivity contribution in [3.63, 3.8) is 0 Å². The Hall–Kier alpha value is -4.37. The Labute approximate surface area is 227 Å². The molecule has 0 atom stereocenters. The van der Waals surface area contributed by atoms with Gasteiger partial charge >= 0.3 is 0 Å². The Balaban J connectivity index is 1.14. The van der Waals surface area contributed by atoms with Crippen molar-refractivity contribution >= 4 is 29.0 Å². The minimum absolute atomic E-state index is 0.0481. The molecular weight excluding hydrogens is 493 g/mol. The summed E-state index contributed by atoms with van der Waals surface area (Å²) in [6, 6.07) is 18.4. The van der Waals surface area contributed by atoms with Crippen molar-refractivity contribution < 1.29 is 9.18 Å². The van der Waals surface area contributed by atoms with Gasteiger partial charge in [-0.05, 0) is 92.5 Å². The highest BCUT2D eigenvalue weighted by atomic mass is 19.1. The Morgan fingerprint density at radius 3 is 2.51 bits per heavy atom. The van der Waals surface area contributed by atoms with Gasteiger partial charge in [0.05, 0.1) is 0 Å². The minimum Gasteiger partial charge on any atom is -0.340 e. The number of nitrogens with zero attached hydrogens (tertiary/aromatic N) is 5. The molecule has 0 unspecified atom stereocenters. The Morgan fingerprint density at radius 2 is 1.79 bits per heavy atom. The molecule has 3 heterocycles. The third kappa shape index (κ3) is 6.74. The number of pyridine rings is 1. The first-order valence-electron chi connectivity index (χ1n) is 13.1. The van der Waals surface area contributed by atoms with E-state index in [0.29, 0.717) is 28.9 Å². The molecular formula is C30H32FN7O. The lowest BCUT2D eigenvalue weighted by Crippen LogP contribution is -2.45. The maximum atomic E-state index is 13.5. The summed E-state index contributed by atoms with van der Waals surface area (Å²) in [4.78, 5) is 30.4. The van der Waals surface area contributed by atoms with Crippen LogP contribution in [0.15, 0.2) is 79.3 Å². The maximum absolute atomic E-state index is 13.5. The molecule has 200 valence electrons. The van der Waals surface area contributed by atoms with Crippen LogP contribution >= 0.6 is 0 Å². The second-order valence-electron chi connectivity index (χ2n) is 9.86. The molecule has 5 rings (SSSR count). The monoisotopic (exact) mass is 525 g/mol. The highest BCUT2D eigenvalue weighted by Crippen LogP contribution is 2.22. The van der Waals surface area contributed by atoms with Gasteiger partial charge in [0.25, 0.3) is 5.91 Å². The van der Waals surface area contributed by atoms with Crippen molar-refractivity contribution in [2.75, 3.05) is 30.8 Å². The molecule has 4 aromatic rings. The molecule has 1 aliphatic heterocycles. The normalized spacial score (nSPS) is 13.9. The van der Waals surface area contributed by atoms with Crippen LogP contribution in [-0.4, -0.2) is 56.8 Å². The fourth-order valence-corrected chi connectivity index (χ4v) is 4.79. The van der Waals surface area contributed by atoms with Gasteiger partial charge in [0.2, 0.25) is 5.95 Å². The standard InChI is InChI=1S/C30H32FN7O/c1-21-18-25(9-10-27(21)31)34-28-11-15-33-30(36-28)35-24-7-5-23(6-8-24)29(39)38-16-12-26(13-17-38)37(2)20-22-4-3-14-32-19-22/h3-11,14-15,18-19,26H,12-13,16-17,20H2,1-2H3,(H2,33,34,35,36). The first-order chi connectivity index (χ1) is 18.9.